The molecule has 0 nitrogen and oxygen atoms in total. The minimum absolute atomic E-state index is 0.440. The van der Waals surface area contributed by atoms with Crippen LogP contribution in [0.3, 0.4) is 0 Å². The van der Waals surface area contributed by atoms with Crippen LogP contribution in [0.1, 0.15) is 22.3 Å². The van der Waals surface area contributed by atoms with Crippen molar-refractivity contribution in [2.75, 3.05) is 0 Å². The standard InChI is InChI=1S/C55H32/c1-2-16-40-33(11-1)27-30-49-53(40)54-44-20-4-3-17-41(44)46(32-50(54)55(49)47-21-7-5-18-42(47)43-19-6-8-22-48(43)55)38-15-10-14-37(31-38)39-28-25-36-24-23-34-12-9-13-35-26-29-45(39)52(36)51(34)35/h1-32H. The van der Waals surface area contributed by atoms with Crippen molar-refractivity contribution < 1.29 is 0 Å². The number of benzene rings is 11. The van der Waals surface area contributed by atoms with E-state index in [4.69, 9.17) is 0 Å². The Bertz CT molecular complexity index is 3370. The van der Waals surface area contributed by atoms with Gasteiger partial charge in [0.25, 0.3) is 0 Å². The molecule has 0 saturated heterocycles. The average Bonchev–Trinajstić information content (AvgIpc) is 3.73. The van der Waals surface area contributed by atoms with Crippen molar-refractivity contribution in [3.8, 4) is 44.5 Å². The van der Waals surface area contributed by atoms with Crippen LogP contribution in [0.2, 0.25) is 0 Å². The highest BCUT2D eigenvalue weighted by Crippen LogP contribution is 2.65. The molecule has 0 heteroatoms. The van der Waals surface area contributed by atoms with Gasteiger partial charge >= 0.3 is 0 Å². The first-order chi connectivity index (χ1) is 27.3. The van der Waals surface area contributed by atoms with E-state index in [2.05, 4.69) is 194 Å². The summed E-state index contributed by atoms with van der Waals surface area (Å²) in [6.07, 6.45) is 0. The van der Waals surface area contributed by atoms with Crippen LogP contribution in [-0.2, 0) is 5.41 Å². The number of hydrogen-bond donors (Lipinski definition) is 0. The van der Waals surface area contributed by atoms with E-state index >= 15 is 0 Å². The van der Waals surface area contributed by atoms with Gasteiger partial charge in [-0.25, -0.2) is 0 Å². The van der Waals surface area contributed by atoms with E-state index in [1.807, 2.05) is 0 Å². The minimum atomic E-state index is -0.440. The van der Waals surface area contributed by atoms with Crippen LogP contribution in [0.4, 0.5) is 0 Å². The molecule has 252 valence electrons. The van der Waals surface area contributed by atoms with Gasteiger partial charge in [-0.05, 0) is 133 Å². The molecule has 0 unspecified atom stereocenters. The van der Waals surface area contributed by atoms with Gasteiger partial charge in [0, 0.05) is 0 Å². The summed E-state index contributed by atoms with van der Waals surface area (Å²) in [5, 5.41) is 13.1. The van der Waals surface area contributed by atoms with Gasteiger partial charge in [-0.2, -0.15) is 0 Å². The molecule has 55 heavy (non-hydrogen) atoms. The lowest BCUT2D eigenvalue weighted by atomic mass is 9.70. The topological polar surface area (TPSA) is 0 Å². The van der Waals surface area contributed by atoms with Crippen LogP contribution in [-0.4, -0.2) is 0 Å². The van der Waals surface area contributed by atoms with Gasteiger partial charge in [-0.3, -0.25) is 0 Å². The summed E-state index contributed by atoms with van der Waals surface area (Å²) < 4.78 is 0. The third kappa shape index (κ3) is 3.67. The molecule has 0 heterocycles. The molecule has 0 aromatic heterocycles. The van der Waals surface area contributed by atoms with Gasteiger partial charge in [0.2, 0.25) is 0 Å². The van der Waals surface area contributed by atoms with Crippen LogP contribution in [0.5, 0.6) is 0 Å². The summed E-state index contributed by atoms with van der Waals surface area (Å²) in [7, 11) is 0. The summed E-state index contributed by atoms with van der Waals surface area (Å²) >= 11 is 0. The number of hydrogen-bond acceptors (Lipinski definition) is 0. The van der Waals surface area contributed by atoms with E-state index in [0.717, 1.165) is 0 Å². The molecular weight excluding hydrogens is 661 g/mol. The molecule has 13 rings (SSSR count). The van der Waals surface area contributed by atoms with Crippen molar-refractivity contribution in [1.82, 2.24) is 0 Å². The molecule has 11 aromatic carbocycles. The van der Waals surface area contributed by atoms with Crippen molar-refractivity contribution in [3.05, 3.63) is 216 Å². The summed E-state index contributed by atoms with van der Waals surface area (Å²) in [4.78, 5) is 0. The fourth-order valence-corrected chi connectivity index (χ4v) is 10.8. The van der Waals surface area contributed by atoms with Crippen LogP contribution in [0.15, 0.2) is 194 Å². The molecule has 0 fully saturated rings. The lowest BCUT2D eigenvalue weighted by Gasteiger charge is -2.31. The van der Waals surface area contributed by atoms with Crippen LogP contribution >= 0.6 is 0 Å². The summed E-state index contributed by atoms with van der Waals surface area (Å²) in [6, 6.07) is 73.4. The Labute approximate surface area is 318 Å². The second-order valence-corrected chi connectivity index (χ2v) is 15.5. The molecular formula is C55H32. The molecule has 11 aromatic rings. The van der Waals surface area contributed by atoms with E-state index in [9.17, 15) is 0 Å². The Hall–Kier alpha value is -7.02. The van der Waals surface area contributed by atoms with Crippen LogP contribution in [0, 0.1) is 0 Å². The zero-order valence-electron chi connectivity index (χ0n) is 30.0. The van der Waals surface area contributed by atoms with Gasteiger partial charge in [0.15, 0.2) is 0 Å². The van der Waals surface area contributed by atoms with E-state index in [1.54, 1.807) is 0 Å². The van der Waals surface area contributed by atoms with Gasteiger partial charge in [-0.15, -0.1) is 0 Å². The van der Waals surface area contributed by atoms with Crippen molar-refractivity contribution in [2.24, 2.45) is 0 Å². The first-order valence-corrected chi connectivity index (χ1v) is 19.3. The van der Waals surface area contributed by atoms with Crippen molar-refractivity contribution >= 4 is 53.9 Å². The highest BCUT2D eigenvalue weighted by Gasteiger charge is 2.52. The fourth-order valence-electron chi connectivity index (χ4n) is 10.8. The normalized spacial score (nSPS) is 13.6. The van der Waals surface area contributed by atoms with Gasteiger partial charge in [0.05, 0.1) is 5.41 Å². The third-order valence-electron chi connectivity index (χ3n) is 13.0. The second kappa shape index (κ2) is 10.6. The smallest absolute Gasteiger partial charge is 0.0619 e. The molecule has 0 amide bonds. The molecule has 0 atom stereocenters. The monoisotopic (exact) mass is 692 g/mol. The molecule has 0 N–H and O–H groups in total. The largest absolute Gasteiger partial charge is 0.0726 e. The lowest BCUT2D eigenvalue weighted by Crippen LogP contribution is -2.26. The van der Waals surface area contributed by atoms with E-state index in [-0.39, 0.29) is 0 Å². The van der Waals surface area contributed by atoms with Gasteiger partial charge in [0.1, 0.15) is 0 Å². The third-order valence-corrected chi connectivity index (χ3v) is 13.0. The Morgan fingerprint density at radius 1 is 0.255 bits per heavy atom. The van der Waals surface area contributed by atoms with Crippen molar-refractivity contribution in [2.45, 2.75) is 5.41 Å². The first kappa shape index (κ1) is 29.4. The molecule has 0 saturated carbocycles. The van der Waals surface area contributed by atoms with Gasteiger partial charge in [-0.1, -0.05) is 182 Å². The van der Waals surface area contributed by atoms with Crippen LogP contribution in [0.25, 0.3) is 98.4 Å². The zero-order valence-corrected chi connectivity index (χ0v) is 30.0. The molecule has 0 aliphatic heterocycles. The first-order valence-electron chi connectivity index (χ1n) is 19.3. The summed E-state index contributed by atoms with van der Waals surface area (Å²) in [5.74, 6) is 0. The van der Waals surface area contributed by atoms with E-state index < -0.39 is 5.41 Å². The predicted octanol–water partition coefficient (Wildman–Crippen LogP) is 14.6. The van der Waals surface area contributed by atoms with Crippen LogP contribution < -0.4 is 0 Å². The van der Waals surface area contributed by atoms with E-state index in [0.29, 0.717) is 0 Å². The zero-order chi connectivity index (χ0) is 35.8. The van der Waals surface area contributed by atoms with Gasteiger partial charge < -0.3 is 0 Å². The highest BCUT2D eigenvalue weighted by molar-refractivity contribution is 6.25. The minimum Gasteiger partial charge on any atom is -0.0619 e. The van der Waals surface area contributed by atoms with E-state index in [1.165, 1.54) is 121 Å². The Kier molecular flexibility index (Phi) is 5.65. The molecule has 0 radical (unpaired) electrons. The molecule has 2 aliphatic carbocycles. The maximum Gasteiger partial charge on any atom is 0.0726 e. The Balaban J connectivity index is 1.13. The van der Waals surface area contributed by atoms with Crippen molar-refractivity contribution in [1.29, 1.82) is 0 Å². The molecule has 1 spiro atoms. The lowest BCUT2D eigenvalue weighted by molar-refractivity contribution is 0.795. The van der Waals surface area contributed by atoms with Crippen molar-refractivity contribution in [3.63, 3.8) is 0 Å². The second-order valence-electron chi connectivity index (χ2n) is 15.5. The Morgan fingerprint density at radius 2 is 0.800 bits per heavy atom. The summed E-state index contributed by atoms with van der Waals surface area (Å²) in [5.41, 5.74) is 15.4. The molecule has 0 bridgehead atoms. The number of fused-ring (bicyclic) bond motifs is 14. The maximum absolute atomic E-state index is 2.56. The quantitative estimate of drug-likeness (QED) is 0.158. The number of rotatable bonds is 2. The highest BCUT2D eigenvalue weighted by atomic mass is 14.5. The predicted molar refractivity (Wildman–Crippen MR) is 232 cm³/mol. The maximum atomic E-state index is 2.56. The fraction of sp³-hybridized carbons (Fsp3) is 0.0182. The molecule has 2 aliphatic rings. The SMILES string of the molecule is c1cc(-c2cc3c(c4ccccc24)-c2c(ccc4ccccc24)C32c3ccccc3-c3ccccc32)cc(-c2ccc3ccc4cccc5ccc2c3c45)c1. The average molecular weight is 693 g/mol. The Morgan fingerprint density at radius 3 is 1.58 bits per heavy atom. The summed E-state index contributed by atoms with van der Waals surface area (Å²) in [6.45, 7) is 0.